The number of rotatable bonds is 2. The fourth-order valence-electron chi connectivity index (χ4n) is 2.50. The topological polar surface area (TPSA) is 109 Å². The number of carboxylic acids is 1. The van der Waals surface area contributed by atoms with Crippen molar-refractivity contribution in [3.05, 3.63) is 17.8 Å². The fraction of sp³-hybridized carbons (Fsp3) is 0.417. The molecule has 0 amide bonds. The van der Waals surface area contributed by atoms with Gasteiger partial charge >= 0.3 is 5.97 Å². The number of hydrogen-bond acceptors (Lipinski definition) is 6. The molecule has 4 N–H and O–H groups in total. The molecule has 20 heavy (non-hydrogen) atoms. The van der Waals surface area contributed by atoms with E-state index in [2.05, 4.69) is 20.3 Å². The predicted octanol–water partition coefficient (Wildman–Crippen LogP) is -0.191. The van der Waals surface area contributed by atoms with E-state index in [0.717, 1.165) is 32.6 Å². The molecular formula is C12H16N6O2. The molecule has 1 fully saturated rings. The van der Waals surface area contributed by atoms with Crippen molar-refractivity contribution in [1.82, 2.24) is 19.9 Å². The predicted molar refractivity (Wildman–Crippen MR) is 74.1 cm³/mol. The van der Waals surface area contributed by atoms with Crippen molar-refractivity contribution < 1.29 is 9.90 Å². The van der Waals surface area contributed by atoms with Gasteiger partial charge in [-0.2, -0.15) is 4.98 Å². The third-order valence-electron chi connectivity index (χ3n) is 3.38. The minimum Gasteiger partial charge on any atom is -0.476 e. The van der Waals surface area contributed by atoms with Crippen LogP contribution in [0, 0.1) is 0 Å². The number of aromatic nitrogens is 3. The van der Waals surface area contributed by atoms with Gasteiger partial charge in [-0.3, -0.25) is 0 Å². The maximum atomic E-state index is 11.6. The summed E-state index contributed by atoms with van der Waals surface area (Å²) in [6.07, 6.45) is 0.969. The molecule has 0 unspecified atom stereocenters. The number of carbonyl (C=O) groups is 1. The molecule has 0 aromatic carbocycles. The largest absolute Gasteiger partial charge is 0.476 e. The lowest BCUT2D eigenvalue weighted by atomic mass is 10.2. The standard InChI is InChI=1S/C12H16N6O2/c13-12-15-9-3-2-8(10(11(19)20)18(9)16-12)17-6-1-4-14-5-7-17/h2-3,14H,1,4-7H2,(H2,13,16)(H,19,20). The Bertz CT molecular complexity index is 645. The fourth-order valence-corrected chi connectivity index (χ4v) is 2.50. The number of hydrogen-bond donors (Lipinski definition) is 3. The van der Waals surface area contributed by atoms with Gasteiger partial charge in [-0.1, -0.05) is 0 Å². The second-order valence-electron chi connectivity index (χ2n) is 4.70. The Hall–Kier alpha value is -2.35. The van der Waals surface area contributed by atoms with E-state index in [1.807, 2.05) is 0 Å². The van der Waals surface area contributed by atoms with Crippen LogP contribution in [0.5, 0.6) is 0 Å². The molecule has 0 atom stereocenters. The number of fused-ring (bicyclic) bond motifs is 1. The highest BCUT2D eigenvalue weighted by atomic mass is 16.4. The first-order chi connectivity index (χ1) is 9.66. The van der Waals surface area contributed by atoms with Crippen LogP contribution in [-0.4, -0.2) is 51.9 Å². The third-order valence-corrected chi connectivity index (χ3v) is 3.38. The zero-order valence-electron chi connectivity index (χ0n) is 10.9. The molecule has 8 nitrogen and oxygen atoms in total. The summed E-state index contributed by atoms with van der Waals surface area (Å²) in [4.78, 5) is 17.7. The van der Waals surface area contributed by atoms with Crippen molar-refractivity contribution in [2.75, 3.05) is 36.8 Å². The Labute approximate surface area is 115 Å². The third kappa shape index (κ3) is 2.14. The van der Waals surface area contributed by atoms with Crippen molar-refractivity contribution in [2.24, 2.45) is 0 Å². The highest BCUT2D eigenvalue weighted by Crippen LogP contribution is 2.23. The van der Waals surface area contributed by atoms with Gasteiger partial charge in [-0.25, -0.2) is 9.31 Å². The van der Waals surface area contributed by atoms with Crippen LogP contribution in [-0.2, 0) is 0 Å². The van der Waals surface area contributed by atoms with Gasteiger partial charge in [-0.05, 0) is 25.1 Å². The molecule has 106 valence electrons. The number of nitrogens with one attached hydrogen (secondary N) is 1. The van der Waals surface area contributed by atoms with Crippen molar-refractivity contribution in [3.8, 4) is 0 Å². The molecule has 3 heterocycles. The monoisotopic (exact) mass is 276 g/mol. The van der Waals surface area contributed by atoms with Crippen LogP contribution in [0.3, 0.4) is 0 Å². The number of nitrogens with two attached hydrogens (primary N) is 1. The minimum atomic E-state index is -1.03. The molecule has 8 heteroatoms. The summed E-state index contributed by atoms with van der Waals surface area (Å²) in [6, 6.07) is 3.52. The Morgan fingerprint density at radius 1 is 1.35 bits per heavy atom. The summed E-state index contributed by atoms with van der Waals surface area (Å²) in [6.45, 7) is 3.34. The molecule has 2 aromatic heterocycles. The van der Waals surface area contributed by atoms with E-state index in [1.54, 1.807) is 12.1 Å². The molecule has 0 bridgehead atoms. The first-order valence-electron chi connectivity index (χ1n) is 6.51. The summed E-state index contributed by atoms with van der Waals surface area (Å²) in [7, 11) is 0. The SMILES string of the molecule is Nc1nc2ccc(N3CCCNCC3)c(C(=O)O)n2n1. The lowest BCUT2D eigenvalue weighted by molar-refractivity contribution is 0.0688. The van der Waals surface area contributed by atoms with Gasteiger partial charge in [0.15, 0.2) is 11.3 Å². The minimum absolute atomic E-state index is 0.0715. The Balaban J connectivity index is 2.13. The number of pyridine rings is 1. The van der Waals surface area contributed by atoms with Crippen LogP contribution in [0.2, 0.25) is 0 Å². The number of nitrogens with zero attached hydrogens (tertiary/aromatic N) is 4. The molecule has 0 aliphatic carbocycles. The van der Waals surface area contributed by atoms with Crippen LogP contribution < -0.4 is 16.0 Å². The molecule has 0 spiro atoms. The quantitative estimate of drug-likeness (QED) is 0.697. The van der Waals surface area contributed by atoms with Crippen molar-refractivity contribution in [3.63, 3.8) is 0 Å². The zero-order chi connectivity index (χ0) is 14.1. The maximum Gasteiger partial charge on any atom is 0.356 e. The van der Waals surface area contributed by atoms with Crippen LogP contribution in [0.25, 0.3) is 5.65 Å². The van der Waals surface area contributed by atoms with Gasteiger partial charge in [0, 0.05) is 19.6 Å². The lowest BCUT2D eigenvalue weighted by Crippen LogP contribution is -2.30. The van der Waals surface area contributed by atoms with Crippen LogP contribution >= 0.6 is 0 Å². The van der Waals surface area contributed by atoms with Gasteiger partial charge in [0.25, 0.3) is 0 Å². The van der Waals surface area contributed by atoms with Crippen molar-refractivity contribution in [1.29, 1.82) is 0 Å². The second kappa shape index (κ2) is 4.97. The van der Waals surface area contributed by atoms with Crippen LogP contribution in [0.15, 0.2) is 12.1 Å². The van der Waals surface area contributed by atoms with E-state index in [4.69, 9.17) is 5.73 Å². The molecular weight excluding hydrogens is 260 g/mol. The van der Waals surface area contributed by atoms with Gasteiger partial charge in [0.2, 0.25) is 5.95 Å². The number of anilines is 2. The highest BCUT2D eigenvalue weighted by molar-refractivity contribution is 5.93. The number of nitrogen functional groups attached to an aromatic ring is 1. The van der Waals surface area contributed by atoms with E-state index in [0.29, 0.717) is 11.3 Å². The lowest BCUT2D eigenvalue weighted by Gasteiger charge is -2.23. The van der Waals surface area contributed by atoms with Crippen LogP contribution in [0.4, 0.5) is 11.6 Å². The normalized spacial score (nSPS) is 16.3. The first-order valence-corrected chi connectivity index (χ1v) is 6.51. The van der Waals surface area contributed by atoms with Gasteiger partial charge in [-0.15, -0.1) is 5.10 Å². The highest BCUT2D eigenvalue weighted by Gasteiger charge is 2.22. The van der Waals surface area contributed by atoms with Gasteiger partial charge < -0.3 is 21.1 Å². The van der Waals surface area contributed by atoms with Crippen molar-refractivity contribution in [2.45, 2.75) is 6.42 Å². The smallest absolute Gasteiger partial charge is 0.356 e. The second-order valence-corrected chi connectivity index (χ2v) is 4.70. The summed E-state index contributed by atoms with van der Waals surface area (Å²) < 4.78 is 1.30. The Morgan fingerprint density at radius 3 is 3.00 bits per heavy atom. The Morgan fingerprint density at radius 2 is 2.20 bits per heavy atom. The van der Waals surface area contributed by atoms with Crippen molar-refractivity contribution >= 4 is 23.3 Å². The van der Waals surface area contributed by atoms with Gasteiger partial charge in [0.05, 0.1) is 5.69 Å². The number of carboxylic acid groups (broad SMARTS) is 1. The van der Waals surface area contributed by atoms with E-state index in [-0.39, 0.29) is 11.6 Å². The average molecular weight is 276 g/mol. The molecule has 1 aliphatic rings. The first kappa shape index (κ1) is 12.7. The summed E-state index contributed by atoms with van der Waals surface area (Å²) in [5, 5.41) is 16.8. The molecule has 0 radical (unpaired) electrons. The molecule has 1 saturated heterocycles. The summed E-state index contributed by atoms with van der Waals surface area (Å²) >= 11 is 0. The van der Waals surface area contributed by atoms with Gasteiger partial charge in [0.1, 0.15) is 0 Å². The van der Waals surface area contributed by atoms with E-state index >= 15 is 0 Å². The molecule has 2 aromatic rings. The summed E-state index contributed by atoms with van der Waals surface area (Å²) in [5.74, 6) is -0.963. The summed E-state index contributed by atoms with van der Waals surface area (Å²) in [5.41, 5.74) is 6.75. The number of aromatic carboxylic acids is 1. The Kier molecular flexibility index (Phi) is 3.15. The van der Waals surface area contributed by atoms with E-state index in [1.165, 1.54) is 4.52 Å². The average Bonchev–Trinajstić information content (AvgIpc) is 2.63. The maximum absolute atomic E-state index is 11.6. The molecule has 1 aliphatic heterocycles. The zero-order valence-corrected chi connectivity index (χ0v) is 10.9. The van der Waals surface area contributed by atoms with E-state index in [9.17, 15) is 9.90 Å². The molecule has 3 rings (SSSR count). The van der Waals surface area contributed by atoms with Crippen LogP contribution in [0.1, 0.15) is 16.9 Å². The molecule has 0 saturated carbocycles. The van der Waals surface area contributed by atoms with E-state index < -0.39 is 5.97 Å².